The van der Waals surface area contributed by atoms with Gasteiger partial charge in [0.2, 0.25) is 0 Å². The Morgan fingerprint density at radius 1 is 1.09 bits per heavy atom. The molecule has 2 aliphatic rings. The molecule has 0 spiro atoms. The third kappa shape index (κ3) is 3.87. The Kier molecular flexibility index (Phi) is 5.11. The summed E-state index contributed by atoms with van der Waals surface area (Å²) in [5.41, 5.74) is 2.01. The van der Waals surface area contributed by atoms with E-state index in [1.165, 1.54) is 24.9 Å². The summed E-state index contributed by atoms with van der Waals surface area (Å²) in [6.45, 7) is 9.33. The number of carbonyl (C=O) groups excluding carboxylic acids is 1. The van der Waals surface area contributed by atoms with Crippen LogP contribution in [0.1, 0.15) is 28.8 Å². The molecule has 3 rings (SSSR count). The van der Waals surface area contributed by atoms with Crippen LogP contribution in [0.15, 0.2) is 24.3 Å². The van der Waals surface area contributed by atoms with E-state index in [-0.39, 0.29) is 5.91 Å². The van der Waals surface area contributed by atoms with Crippen molar-refractivity contribution < 1.29 is 4.79 Å². The third-order valence-corrected chi connectivity index (χ3v) is 4.93. The first-order chi connectivity index (χ1) is 10.7. The van der Waals surface area contributed by atoms with Crippen molar-refractivity contribution >= 4 is 5.91 Å². The highest BCUT2D eigenvalue weighted by molar-refractivity contribution is 5.94. The summed E-state index contributed by atoms with van der Waals surface area (Å²) in [6.07, 6.45) is 2.59. The second-order valence-corrected chi connectivity index (χ2v) is 6.65. The van der Waals surface area contributed by atoms with Crippen LogP contribution in [0, 0.1) is 12.8 Å². The van der Waals surface area contributed by atoms with Gasteiger partial charge in [0, 0.05) is 38.3 Å². The number of rotatable bonds is 3. The topological polar surface area (TPSA) is 35.6 Å². The average Bonchev–Trinajstić information content (AvgIpc) is 2.57. The van der Waals surface area contributed by atoms with Crippen LogP contribution in [0.3, 0.4) is 0 Å². The van der Waals surface area contributed by atoms with Crippen LogP contribution >= 0.6 is 0 Å². The zero-order chi connectivity index (χ0) is 15.4. The first-order valence-electron chi connectivity index (χ1n) is 8.51. The maximum absolute atomic E-state index is 12.5. The zero-order valence-electron chi connectivity index (χ0n) is 13.6. The lowest BCUT2D eigenvalue weighted by Crippen LogP contribution is -2.50. The van der Waals surface area contributed by atoms with Crippen molar-refractivity contribution in [2.24, 2.45) is 5.92 Å². The normalized spacial score (nSPS) is 21.0. The summed E-state index contributed by atoms with van der Waals surface area (Å²) in [5, 5.41) is 3.42. The number of amides is 1. The highest BCUT2D eigenvalue weighted by Crippen LogP contribution is 2.16. The van der Waals surface area contributed by atoms with E-state index in [1.807, 2.05) is 36.1 Å². The van der Waals surface area contributed by atoms with Crippen LogP contribution < -0.4 is 5.32 Å². The Hall–Kier alpha value is -1.39. The summed E-state index contributed by atoms with van der Waals surface area (Å²) < 4.78 is 0. The molecule has 22 heavy (non-hydrogen) atoms. The standard InChI is InChI=1S/C18H27N3O/c1-15-2-4-17(5-3-15)18(22)21-12-10-20(11-13-21)14-16-6-8-19-9-7-16/h2-5,16,19H,6-14H2,1H3. The second kappa shape index (κ2) is 7.25. The maximum Gasteiger partial charge on any atom is 0.253 e. The molecule has 4 nitrogen and oxygen atoms in total. The summed E-state index contributed by atoms with van der Waals surface area (Å²) in [7, 11) is 0. The fourth-order valence-electron chi connectivity index (χ4n) is 3.44. The molecule has 2 saturated heterocycles. The highest BCUT2D eigenvalue weighted by Gasteiger charge is 2.24. The molecule has 4 heteroatoms. The van der Waals surface area contributed by atoms with E-state index in [4.69, 9.17) is 0 Å². The molecule has 2 aliphatic heterocycles. The highest BCUT2D eigenvalue weighted by atomic mass is 16.2. The number of hydrogen-bond donors (Lipinski definition) is 1. The number of aryl methyl sites for hydroxylation is 1. The maximum atomic E-state index is 12.5. The van der Waals surface area contributed by atoms with Gasteiger partial charge in [-0.1, -0.05) is 17.7 Å². The second-order valence-electron chi connectivity index (χ2n) is 6.65. The molecule has 120 valence electrons. The van der Waals surface area contributed by atoms with Crippen LogP contribution in [-0.2, 0) is 0 Å². The van der Waals surface area contributed by atoms with Crippen LogP contribution in [0.2, 0.25) is 0 Å². The molecular weight excluding hydrogens is 274 g/mol. The van der Waals surface area contributed by atoms with E-state index in [0.717, 1.165) is 50.7 Å². The molecule has 0 aromatic heterocycles. The van der Waals surface area contributed by atoms with Gasteiger partial charge in [-0.15, -0.1) is 0 Å². The number of piperazine rings is 1. The molecule has 0 atom stereocenters. The first kappa shape index (κ1) is 15.5. The fourth-order valence-corrected chi connectivity index (χ4v) is 3.44. The summed E-state index contributed by atoms with van der Waals surface area (Å²) in [5.74, 6) is 1.02. The Morgan fingerprint density at radius 2 is 1.73 bits per heavy atom. The molecule has 0 unspecified atom stereocenters. The van der Waals surface area contributed by atoms with Gasteiger partial charge in [-0.05, 0) is 50.9 Å². The molecule has 1 aromatic rings. The minimum Gasteiger partial charge on any atom is -0.336 e. The van der Waals surface area contributed by atoms with Gasteiger partial charge in [-0.25, -0.2) is 0 Å². The fraction of sp³-hybridized carbons (Fsp3) is 0.611. The molecule has 1 amide bonds. The van der Waals surface area contributed by atoms with Crippen LogP contribution in [0.25, 0.3) is 0 Å². The smallest absolute Gasteiger partial charge is 0.253 e. The van der Waals surface area contributed by atoms with Gasteiger partial charge >= 0.3 is 0 Å². The lowest BCUT2D eigenvalue weighted by atomic mass is 9.97. The number of benzene rings is 1. The lowest BCUT2D eigenvalue weighted by Gasteiger charge is -2.37. The van der Waals surface area contributed by atoms with Crippen molar-refractivity contribution in [2.45, 2.75) is 19.8 Å². The molecule has 2 fully saturated rings. The molecule has 0 aliphatic carbocycles. The number of nitrogens with zero attached hydrogens (tertiary/aromatic N) is 2. The SMILES string of the molecule is Cc1ccc(C(=O)N2CCN(CC3CCNCC3)CC2)cc1. The molecular formula is C18H27N3O. The quantitative estimate of drug-likeness (QED) is 0.924. The van der Waals surface area contributed by atoms with Gasteiger partial charge in [0.15, 0.2) is 0 Å². The van der Waals surface area contributed by atoms with Gasteiger partial charge in [0.05, 0.1) is 0 Å². The Bertz CT molecular complexity index is 486. The predicted octanol–water partition coefficient (Wildman–Crippen LogP) is 1.75. The van der Waals surface area contributed by atoms with Crippen LogP contribution in [0.5, 0.6) is 0 Å². The van der Waals surface area contributed by atoms with Crippen molar-refractivity contribution in [3.63, 3.8) is 0 Å². The lowest BCUT2D eigenvalue weighted by molar-refractivity contribution is 0.0608. The molecule has 2 heterocycles. The van der Waals surface area contributed by atoms with Crippen LogP contribution in [-0.4, -0.2) is 61.5 Å². The van der Waals surface area contributed by atoms with Crippen LogP contribution in [0.4, 0.5) is 0 Å². The Labute approximate surface area is 133 Å². The molecule has 0 bridgehead atoms. The van der Waals surface area contributed by atoms with Crippen molar-refractivity contribution in [3.05, 3.63) is 35.4 Å². The van der Waals surface area contributed by atoms with E-state index in [1.54, 1.807) is 0 Å². The minimum atomic E-state index is 0.182. The molecule has 0 saturated carbocycles. The average molecular weight is 301 g/mol. The Morgan fingerprint density at radius 3 is 2.36 bits per heavy atom. The number of nitrogens with one attached hydrogen (secondary N) is 1. The summed E-state index contributed by atoms with van der Waals surface area (Å²) >= 11 is 0. The Balaban J connectivity index is 1.48. The van der Waals surface area contributed by atoms with E-state index in [9.17, 15) is 4.79 Å². The van der Waals surface area contributed by atoms with Crippen molar-refractivity contribution in [1.82, 2.24) is 15.1 Å². The van der Waals surface area contributed by atoms with E-state index in [2.05, 4.69) is 10.2 Å². The van der Waals surface area contributed by atoms with Gasteiger partial charge in [0.1, 0.15) is 0 Å². The van der Waals surface area contributed by atoms with E-state index in [0.29, 0.717) is 0 Å². The van der Waals surface area contributed by atoms with Gasteiger partial charge in [0.25, 0.3) is 5.91 Å². The van der Waals surface area contributed by atoms with Gasteiger partial charge < -0.3 is 10.2 Å². The van der Waals surface area contributed by atoms with Gasteiger partial charge in [-0.3, -0.25) is 9.69 Å². The zero-order valence-corrected chi connectivity index (χ0v) is 13.6. The summed E-state index contributed by atoms with van der Waals surface area (Å²) in [4.78, 5) is 17.0. The number of carbonyl (C=O) groups is 1. The monoisotopic (exact) mass is 301 g/mol. The first-order valence-corrected chi connectivity index (χ1v) is 8.51. The van der Waals surface area contributed by atoms with E-state index >= 15 is 0 Å². The summed E-state index contributed by atoms with van der Waals surface area (Å²) in [6, 6.07) is 7.92. The molecule has 1 N–H and O–H groups in total. The van der Waals surface area contributed by atoms with Crippen molar-refractivity contribution in [2.75, 3.05) is 45.8 Å². The number of piperidine rings is 1. The largest absolute Gasteiger partial charge is 0.336 e. The molecule has 1 aromatic carbocycles. The molecule has 0 radical (unpaired) electrons. The van der Waals surface area contributed by atoms with E-state index < -0.39 is 0 Å². The van der Waals surface area contributed by atoms with Gasteiger partial charge in [-0.2, -0.15) is 0 Å². The number of hydrogen-bond acceptors (Lipinski definition) is 3. The third-order valence-electron chi connectivity index (χ3n) is 4.93. The minimum absolute atomic E-state index is 0.182. The van der Waals surface area contributed by atoms with Crippen molar-refractivity contribution in [1.29, 1.82) is 0 Å². The van der Waals surface area contributed by atoms with Crippen molar-refractivity contribution in [3.8, 4) is 0 Å². The predicted molar refractivity (Wildman–Crippen MR) is 89.1 cm³/mol.